The third kappa shape index (κ3) is 2.94. The van der Waals surface area contributed by atoms with Crippen LogP contribution in [0.3, 0.4) is 0 Å². The Kier molecular flexibility index (Phi) is 4.17. The van der Waals surface area contributed by atoms with Crippen LogP contribution in [0.2, 0.25) is 0 Å². The van der Waals surface area contributed by atoms with Crippen LogP contribution in [0.4, 0.5) is 5.82 Å². The highest BCUT2D eigenvalue weighted by molar-refractivity contribution is 5.25. The van der Waals surface area contributed by atoms with Crippen LogP contribution in [-0.2, 0) is 6.54 Å². The SMILES string of the molecule is Nc1ccnc(CN2CCC[C@@H]2[C@@H]2CCCC[C@H]2O)n1. The number of likely N-dealkylation sites (tertiary alicyclic amines) is 1. The monoisotopic (exact) mass is 276 g/mol. The summed E-state index contributed by atoms with van der Waals surface area (Å²) in [5.74, 6) is 1.75. The highest BCUT2D eigenvalue weighted by atomic mass is 16.3. The molecule has 0 aromatic carbocycles. The summed E-state index contributed by atoms with van der Waals surface area (Å²) in [6.45, 7) is 1.82. The van der Waals surface area contributed by atoms with E-state index in [4.69, 9.17) is 5.73 Å². The second-order valence-corrected chi connectivity index (χ2v) is 6.09. The van der Waals surface area contributed by atoms with Gasteiger partial charge in [0.2, 0.25) is 0 Å². The van der Waals surface area contributed by atoms with Crippen molar-refractivity contribution in [2.75, 3.05) is 12.3 Å². The zero-order valence-electron chi connectivity index (χ0n) is 11.9. The van der Waals surface area contributed by atoms with E-state index in [1.807, 2.05) is 0 Å². The fourth-order valence-corrected chi connectivity index (χ4v) is 3.79. The molecule has 1 saturated carbocycles. The molecule has 5 heteroatoms. The fraction of sp³-hybridized carbons (Fsp3) is 0.733. The average Bonchev–Trinajstić information content (AvgIpc) is 2.87. The van der Waals surface area contributed by atoms with E-state index >= 15 is 0 Å². The summed E-state index contributed by atoms with van der Waals surface area (Å²) >= 11 is 0. The van der Waals surface area contributed by atoms with E-state index in [9.17, 15) is 5.11 Å². The normalized spacial score (nSPS) is 31.6. The van der Waals surface area contributed by atoms with E-state index in [1.165, 1.54) is 25.7 Å². The molecular weight excluding hydrogens is 252 g/mol. The van der Waals surface area contributed by atoms with Gasteiger partial charge in [-0.25, -0.2) is 9.97 Å². The van der Waals surface area contributed by atoms with Gasteiger partial charge in [-0.3, -0.25) is 4.90 Å². The molecule has 1 aliphatic heterocycles. The number of rotatable bonds is 3. The molecular formula is C15H24N4O. The first-order chi connectivity index (χ1) is 9.74. The van der Waals surface area contributed by atoms with E-state index in [2.05, 4.69) is 14.9 Å². The Labute approximate surface area is 120 Å². The van der Waals surface area contributed by atoms with Crippen molar-refractivity contribution >= 4 is 5.82 Å². The van der Waals surface area contributed by atoms with Gasteiger partial charge in [-0.1, -0.05) is 12.8 Å². The first-order valence-electron chi connectivity index (χ1n) is 7.73. The topological polar surface area (TPSA) is 75.3 Å². The van der Waals surface area contributed by atoms with Gasteiger partial charge in [0.1, 0.15) is 11.6 Å². The lowest BCUT2D eigenvalue weighted by molar-refractivity contribution is 0.0195. The number of nitrogens with zero attached hydrogens (tertiary/aromatic N) is 3. The predicted octanol–water partition coefficient (Wildman–Crippen LogP) is 1.57. The van der Waals surface area contributed by atoms with Crippen molar-refractivity contribution in [1.29, 1.82) is 0 Å². The summed E-state index contributed by atoms with van der Waals surface area (Å²) in [6, 6.07) is 2.20. The molecule has 1 aromatic rings. The molecule has 0 amide bonds. The van der Waals surface area contributed by atoms with Gasteiger partial charge in [0.25, 0.3) is 0 Å². The zero-order valence-corrected chi connectivity index (χ0v) is 11.9. The number of hydrogen-bond acceptors (Lipinski definition) is 5. The standard InChI is InChI=1S/C15H24N4O/c16-14-7-8-17-15(18-14)10-19-9-3-5-12(19)11-4-1-2-6-13(11)20/h7-8,11-13,20H,1-6,9-10H2,(H2,16,17,18)/t11-,12+,13+/m0/s1. The van der Waals surface area contributed by atoms with Gasteiger partial charge in [0.05, 0.1) is 12.6 Å². The second kappa shape index (κ2) is 6.06. The molecule has 1 aliphatic carbocycles. The summed E-state index contributed by atoms with van der Waals surface area (Å²) in [5.41, 5.74) is 5.72. The molecule has 1 saturated heterocycles. The summed E-state index contributed by atoms with van der Waals surface area (Å²) in [4.78, 5) is 11.0. The molecule has 3 N–H and O–H groups in total. The lowest BCUT2D eigenvalue weighted by Crippen LogP contribution is -2.42. The second-order valence-electron chi connectivity index (χ2n) is 6.09. The van der Waals surface area contributed by atoms with Gasteiger partial charge in [-0.15, -0.1) is 0 Å². The quantitative estimate of drug-likeness (QED) is 0.876. The van der Waals surface area contributed by atoms with Crippen molar-refractivity contribution in [1.82, 2.24) is 14.9 Å². The van der Waals surface area contributed by atoms with E-state index in [1.54, 1.807) is 12.3 Å². The number of nitrogens with two attached hydrogens (primary N) is 1. The van der Waals surface area contributed by atoms with Crippen LogP contribution >= 0.6 is 0 Å². The van der Waals surface area contributed by atoms with E-state index in [0.717, 1.165) is 31.8 Å². The first-order valence-corrected chi connectivity index (χ1v) is 7.73. The fourth-order valence-electron chi connectivity index (χ4n) is 3.79. The first kappa shape index (κ1) is 13.8. The number of hydrogen-bond donors (Lipinski definition) is 2. The molecule has 110 valence electrons. The van der Waals surface area contributed by atoms with Crippen molar-refractivity contribution in [3.63, 3.8) is 0 Å². The molecule has 3 atom stereocenters. The predicted molar refractivity (Wildman–Crippen MR) is 77.8 cm³/mol. The Hall–Kier alpha value is -1.20. The maximum atomic E-state index is 10.3. The van der Waals surface area contributed by atoms with Crippen molar-refractivity contribution < 1.29 is 5.11 Å². The van der Waals surface area contributed by atoms with Crippen LogP contribution in [-0.4, -0.2) is 38.7 Å². The Bertz CT molecular complexity index is 453. The summed E-state index contributed by atoms with van der Waals surface area (Å²) in [5, 5.41) is 10.3. The lowest BCUT2D eigenvalue weighted by atomic mass is 9.80. The number of nitrogen functional groups attached to an aromatic ring is 1. The molecule has 0 spiro atoms. The number of aliphatic hydroxyl groups excluding tert-OH is 1. The maximum Gasteiger partial charge on any atom is 0.144 e. The molecule has 0 bridgehead atoms. The van der Waals surface area contributed by atoms with Gasteiger partial charge in [0.15, 0.2) is 0 Å². The van der Waals surface area contributed by atoms with Crippen LogP contribution in [0.5, 0.6) is 0 Å². The number of aliphatic hydroxyl groups is 1. The van der Waals surface area contributed by atoms with Gasteiger partial charge in [0, 0.05) is 18.2 Å². The van der Waals surface area contributed by atoms with Crippen LogP contribution in [0.15, 0.2) is 12.3 Å². The Morgan fingerprint density at radius 1 is 1.25 bits per heavy atom. The molecule has 5 nitrogen and oxygen atoms in total. The van der Waals surface area contributed by atoms with Crippen LogP contribution in [0.25, 0.3) is 0 Å². The Morgan fingerprint density at radius 3 is 2.90 bits per heavy atom. The van der Waals surface area contributed by atoms with Gasteiger partial charge < -0.3 is 10.8 Å². The molecule has 3 rings (SSSR count). The van der Waals surface area contributed by atoms with Crippen molar-refractivity contribution in [2.45, 2.75) is 57.2 Å². The molecule has 20 heavy (non-hydrogen) atoms. The third-order valence-corrected chi connectivity index (χ3v) is 4.76. The lowest BCUT2D eigenvalue weighted by Gasteiger charge is -2.37. The molecule has 2 aliphatic rings. The Morgan fingerprint density at radius 2 is 2.10 bits per heavy atom. The molecule has 2 fully saturated rings. The van der Waals surface area contributed by atoms with Crippen LogP contribution < -0.4 is 5.73 Å². The Balaban J connectivity index is 1.69. The molecule has 0 radical (unpaired) electrons. The van der Waals surface area contributed by atoms with Crippen molar-refractivity contribution in [3.8, 4) is 0 Å². The minimum absolute atomic E-state index is 0.129. The smallest absolute Gasteiger partial charge is 0.144 e. The summed E-state index contributed by atoms with van der Waals surface area (Å²) < 4.78 is 0. The largest absolute Gasteiger partial charge is 0.393 e. The molecule has 2 heterocycles. The van der Waals surface area contributed by atoms with Gasteiger partial charge in [-0.2, -0.15) is 0 Å². The van der Waals surface area contributed by atoms with Crippen molar-refractivity contribution in [3.05, 3.63) is 18.1 Å². The van der Waals surface area contributed by atoms with E-state index in [0.29, 0.717) is 17.8 Å². The van der Waals surface area contributed by atoms with E-state index in [-0.39, 0.29) is 6.10 Å². The highest BCUT2D eigenvalue weighted by Gasteiger charge is 2.36. The summed E-state index contributed by atoms with van der Waals surface area (Å²) in [6.07, 6.45) is 8.52. The average molecular weight is 276 g/mol. The highest BCUT2D eigenvalue weighted by Crippen LogP contribution is 2.35. The van der Waals surface area contributed by atoms with Gasteiger partial charge in [-0.05, 0) is 38.3 Å². The molecule has 1 aromatic heterocycles. The zero-order chi connectivity index (χ0) is 13.9. The van der Waals surface area contributed by atoms with E-state index < -0.39 is 0 Å². The van der Waals surface area contributed by atoms with Crippen LogP contribution in [0.1, 0.15) is 44.3 Å². The third-order valence-electron chi connectivity index (χ3n) is 4.76. The minimum Gasteiger partial charge on any atom is -0.393 e. The van der Waals surface area contributed by atoms with Crippen molar-refractivity contribution in [2.24, 2.45) is 5.92 Å². The maximum absolute atomic E-state index is 10.3. The molecule has 0 unspecified atom stereocenters. The summed E-state index contributed by atoms with van der Waals surface area (Å²) in [7, 11) is 0. The number of aromatic nitrogens is 2. The van der Waals surface area contributed by atoms with Gasteiger partial charge >= 0.3 is 0 Å². The number of anilines is 1. The van der Waals surface area contributed by atoms with Crippen LogP contribution in [0, 0.1) is 5.92 Å². The minimum atomic E-state index is -0.129.